The van der Waals surface area contributed by atoms with Crippen LogP contribution in [-0.2, 0) is 4.79 Å². The lowest BCUT2D eigenvalue weighted by atomic mass is 10.1. The second-order valence-corrected chi connectivity index (χ2v) is 5.97. The Kier molecular flexibility index (Phi) is 3.88. The van der Waals surface area contributed by atoms with E-state index >= 15 is 0 Å². The van der Waals surface area contributed by atoms with Gasteiger partial charge in [-0.2, -0.15) is 0 Å². The van der Waals surface area contributed by atoms with Crippen molar-refractivity contribution >= 4 is 46.0 Å². The van der Waals surface area contributed by atoms with E-state index in [9.17, 15) is 9.59 Å². The molecular formula is C17H12INO2. The van der Waals surface area contributed by atoms with Gasteiger partial charge in [-0.1, -0.05) is 42.5 Å². The summed E-state index contributed by atoms with van der Waals surface area (Å²) in [6.45, 7) is 0.396. The van der Waals surface area contributed by atoms with Crippen LogP contribution < -0.4 is 4.90 Å². The zero-order valence-electron chi connectivity index (χ0n) is 11.1. The van der Waals surface area contributed by atoms with Crippen molar-refractivity contribution in [1.82, 2.24) is 0 Å². The van der Waals surface area contributed by atoms with E-state index in [4.69, 9.17) is 0 Å². The average Bonchev–Trinajstić information content (AvgIpc) is 2.73. The first-order valence-corrected chi connectivity index (χ1v) is 7.62. The number of benzene rings is 2. The predicted molar refractivity (Wildman–Crippen MR) is 91.3 cm³/mol. The van der Waals surface area contributed by atoms with Crippen molar-refractivity contribution in [1.29, 1.82) is 0 Å². The highest BCUT2D eigenvalue weighted by atomic mass is 127. The van der Waals surface area contributed by atoms with Crippen LogP contribution in [0.2, 0.25) is 0 Å². The molecule has 1 aliphatic heterocycles. The molecule has 0 spiro atoms. The Labute approximate surface area is 136 Å². The minimum absolute atomic E-state index is 0.396. The maximum Gasteiger partial charge on any atom is 0.299 e. The molecule has 0 aromatic heterocycles. The normalized spacial score (nSPS) is 14.0. The smallest absolute Gasteiger partial charge is 0.299 e. The molecule has 0 fully saturated rings. The average molecular weight is 389 g/mol. The van der Waals surface area contributed by atoms with Crippen molar-refractivity contribution in [3.05, 3.63) is 69.3 Å². The fourth-order valence-corrected chi connectivity index (χ4v) is 2.80. The molecule has 2 aromatic carbocycles. The highest BCUT2D eigenvalue weighted by Gasteiger charge is 2.34. The molecule has 3 nitrogen and oxygen atoms in total. The summed E-state index contributed by atoms with van der Waals surface area (Å²) in [7, 11) is 0. The summed E-state index contributed by atoms with van der Waals surface area (Å²) in [6, 6.07) is 15.3. The first kappa shape index (κ1) is 14.0. The number of halogens is 1. The Morgan fingerprint density at radius 3 is 2.57 bits per heavy atom. The molecule has 0 saturated carbocycles. The largest absolute Gasteiger partial charge is 0.301 e. The van der Waals surface area contributed by atoms with Crippen molar-refractivity contribution in [3.8, 4) is 0 Å². The highest BCUT2D eigenvalue weighted by molar-refractivity contribution is 14.1. The van der Waals surface area contributed by atoms with Gasteiger partial charge in [0.05, 0.1) is 11.3 Å². The van der Waals surface area contributed by atoms with Gasteiger partial charge >= 0.3 is 0 Å². The SMILES string of the molecule is O=C1C(=O)N(C/C=C/c2ccccc2)c2ccc(I)cc21. The summed E-state index contributed by atoms with van der Waals surface area (Å²) >= 11 is 2.14. The lowest BCUT2D eigenvalue weighted by Crippen LogP contribution is -2.29. The van der Waals surface area contributed by atoms with Crippen molar-refractivity contribution in [2.24, 2.45) is 0 Å². The number of fused-ring (bicyclic) bond motifs is 1. The first-order chi connectivity index (χ1) is 10.2. The van der Waals surface area contributed by atoms with Crippen molar-refractivity contribution in [2.45, 2.75) is 0 Å². The standard InChI is InChI=1S/C17H12INO2/c18-13-8-9-15-14(11-13)16(20)17(21)19(15)10-4-7-12-5-2-1-3-6-12/h1-9,11H,10H2/b7-4+. The van der Waals surface area contributed by atoms with Crippen LogP contribution in [0.25, 0.3) is 6.08 Å². The van der Waals surface area contributed by atoms with Gasteiger partial charge < -0.3 is 4.90 Å². The topological polar surface area (TPSA) is 37.4 Å². The number of nitrogens with zero attached hydrogens (tertiary/aromatic N) is 1. The van der Waals surface area contributed by atoms with Crippen LogP contribution in [0, 0.1) is 3.57 Å². The summed E-state index contributed by atoms with van der Waals surface area (Å²) in [5, 5.41) is 0. The molecule has 1 aliphatic rings. The summed E-state index contributed by atoms with van der Waals surface area (Å²) < 4.78 is 0.953. The van der Waals surface area contributed by atoms with Crippen LogP contribution in [0.5, 0.6) is 0 Å². The number of hydrogen-bond acceptors (Lipinski definition) is 2. The van der Waals surface area contributed by atoms with Gasteiger partial charge in [-0.15, -0.1) is 0 Å². The van der Waals surface area contributed by atoms with Crippen LogP contribution in [0.3, 0.4) is 0 Å². The monoisotopic (exact) mass is 389 g/mol. The Hall–Kier alpha value is -1.95. The Morgan fingerprint density at radius 1 is 1.05 bits per heavy atom. The number of hydrogen-bond donors (Lipinski definition) is 0. The zero-order valence-corrected chi connectivity index (χ0v) is 13.3. The Morgan fingerprint density at radius 2 is 1.81 bits per heavy atom. The predicted octanol–water partition coefficient (Wildman–Crippen LogP) is 3.53. The van der Waals surface area contributed by atoms with Gasteiger partial charge in [0.15, 0.2) is 0 Å². The molecule has 0 saturated heterocycles. The second kappa shape index (κ2) is 5.81. The number of ketones is 1. The summed E-state index contributed by atoms with van der Waals surface area (Å²) in [6.07, 6.45) is 3.84. The van der Waals surface area contributed by atoms with Crippen LogP contribution in [-0.4, -0.2) is 18.2 Å². The number of carbonyl (C=O) groups is 2. The number of rotatable bonds is 3. The Balaban J connectivity index is 1.82. The summed E-state index contributed by atoms with van der Waals surface area (Å²) in [5.74, 6) is -0.874. The van der Waals surface area contributed by atoms with E-state index in [1.165, 1.54) is 4.90 Å². The number of anilines is 1. The van der Waals surface area contributed by atoms with Crippen molar-refractivity contribution < 1.29 is 9.59 Å². The van der Waals surface area contributed by atoms with Crippen LogP contribution in [0.4, 0.5) is 5.69 Å². The van der Waals surface area contributed by atoms with Crippen LogP contribution >= 0.6 is 22.6 Å². The van der Waals surface area contributed by atoms with E-state index in [1.54, 1.807) is 6.07 Å². The molecule has 0 unspecified atom stereocenters. The van der Waals surface area contributed by atoms with E-state index in [0.717, 1.165) is 9.13 Å². The van der Waals surface area contributed by atoms with Crippen LogP contribution in [0.1, 0.15) is 15.9 Å². The van der Waals surface area contributed by atoms with E-state index in [2.05, 4.69) is 22.6 Å². The molecule has 2 aromatic rings. The molecule has 4 heteroatoms. The van der Waals surface area contributed by atoms with E-state index in [-0.39, 0.29) is 0 Å². The highest BCUT2D eigenvalue weighted by Crippen LogP contribution is 2.30. The Bertz CT molecular complexity index is 738. The fourth-order valence-electron chi connectivity index (χ4n) is 2.31. The second-order valence-electron chi connectivity index (χ2n) is 4.72. The summed E-state index contributed by atoms with van der Waals surface area (Å²) in [5.41, 5.74) is 2.27. The molecule has 21 heavy (non-hydrogen) atoms. The van der Waals surface area contributed by atoms with Crippen LogP contribution in [0.15, 0.2) is 54.6 Å². The number of amides is 1. The van der Waals surface area contributed by atoms with Gasteiger partial charge in [0.1, 0.15) is 0 Å². The minimum Gasteiger partial charge on any atom is -0.301 e. The first-order valence-electron chi connectivity index (χ1n) is 6.54. The third-order valence-electron chi connectivity index (χ3n) is 3.33. The third-order valence-corrected chi connectivity index (χ3v) is 4.00. The maximum absolute atomic E-state index is 12.1. The summed E-state index contributed by atoms with van der Waals surface area (Å²) in [4.78, 5) is 25.6. The molecule has 0 N–H and O–H groups in total. The molecule has 1 amide bonds. The number of Topliss-reactive ketones (excluding diaryl/α,β-unsaturated/α-hetero) is 1. The minimum atomic E-state index is -0.454. The van der Waals surface area contributed by atoms with Gasteiger partial charge in [-0.25, -0.2) is 0 Å². The molecule has 0 radical (unpaired) electrons. The maximum atomic E-state index is 12.1. The van der Waals surface area contributed by atoms with E-state index in [0.29, 0.717) is 17.8 Å². The molecule has 0 aliphatic carbocycles. The molecular weight excluding hydrogens is 377 g/mol. The van der Waals surface area contributed by atoms with Gasteiger partial charge in [0, 0.05) is 10.1 Å². The third kappa shape index (κ3) is 2.76. The number of carbonyl (C=O) groups excluding carboxylic acids is 2. The lowest BCUT2D eigenvalue weighted by Gasteiger charge is -2.13. The van der Waals surface area contributed by atoms with Crippen molar-refractivity contribution in [2.75, 3.05) is 11.4 Å². The van der Waals surface area contributed by atoms with Gasteiger partial charge in [0.25, 0.3) is 11.7 Å². The van der Waals surface area contributed by atoms with Gasteiger partial charge in [-0.05, 0) is 46.4 Å². The fraction of sp³-hybridized carbons (Fsp3) is 0.0588. The molecule has 104 valence electrons. The molecule has 0 atom stereocenters. The molecule has 1 heterocycles. The quantitative estimate of drug-likeness (QED) is 0.595. The lowest BCUT2D eigenvalue weighted by molar-refractivity contribution is -0.114. The van der Waals surface area contributed by atoms with E-state index in [1.807, 2.05) is 54.6 Å². The van der Waals surface area contributed by atoms with Gasteiger partial charge in [-0.3, -0.25) is 9.59 Å². The van der Waals surface area contributed by atoms with Gasteiger partial charge in [0.2, 0.25) is 0 Å². The van der Waals surface area contributed by atoms with Crippen molar-refractivity contribution in [3.63, 3.8) is 0 Å². The zero-order chi connectivity index (χ0) is 14.8. The van der Waals surface area contributed by atoms with E-state index < -0.39 is 11.7 Å². The molecule has 3 rings (SSSR count). The molecule has 0 bridgehead atoms.